The number of aromatic nitrogens is 3. The molecule has 0 saturated carbocycles. The summed E-state index contributed by atoms with van der Waals surface area (Å²) in [5, 5.41) is 22.4. The summed E-state index contributed by atoms with van der Waals surface area (Å²) >= 11 is 0. The van der Waals surface area contributed by atoms with Crippen molar-refractivity contribution < 1.29 is 4.92 Å². The lowest BCUT2D eigenvalue weighted by Crippen LogP contribution is -2.22. The molecule has 8 heteroatoms. The Morgan fingerprint density at radius 3 is 2.70 bits per heavy atom. The van der Waals surface area contributed by atoms with Gasteiger partial charge in [0.25, 0.3) is 11.2 Å². The fourth-order valence-corrected chi connectivity index (χ4v) is 2.38. The smallest absolute Gasteiger partial charge is 0.276 e. The number of nitrogens with zero attached hydrogens (tertiary/aromatic N) is 4. The molecule has 1 N–H and O–H groups in total. The third kappa shape index (κ3) is 2.44. The number of nitro groups is 1. The van der Waals surface area contributed by atoms with Crippen LogP contribution in [0.15, 0.2) is 35.3 Å². The molecule has 0 amide bonds. The molecule has 0 fully saturated rings. The summed E-state index contributed by atoms with van der Waals surface area (Å²) in [4.78, 5) is 27.0. The number of rotatable bonds is 3. The van der Waals surface area contributed by atoms with Crippen molar-refractivity contribution in [1.29, 1.82) is 5.26 Å². The van der Waals surface area contributed by atoms with E-state index in [0.717, 1.165) is 5.56 Å². The number of hydrogen-bond donors (Lipinski definition) is 1. The first kappa shape index (κ1) is 14.5. The van der Waals surface area contributed by atoms with E-state index in [9.17, 15) is 14.9 Å². The van der Waals surface area contributed by atoms with Gasteiger partial charge in [0.1, 0.15) is 11.6 Å². The average molecular weight is 309 g/mol. The number of nitriles is 1. The maximum Gasteiger partial charge on any atom is 0.276 e. The lowest BCUT2D eigenvalue weighted by molar-refractivity contribution is -0.384. The molecular formula is C15H11N5O3. The highest BCUT2D eigenvalue weighted by atomic mass is 16.6. The summed E-state index contributed by atoms with van der Waals surface area (Å²) in [6.45, 7) is 1.70. The second-order valence-electron chi connectivity index (χ2n) is 5.04. The van der Waals surface area contributed by atoms with Crippen molar-refractivity contribution in [2.45, 2.75) is 13.3 Å². The number of non-ortho nitro benzene ring substituents is 1. The third-order valence-electron chi connectivity index (χ3n) is 3.61. The van der Waals surface area contributed by atoms with Crippen LogP contribution in [0.25, 0.3) is 5.65 Å². The molecule has 0 bridgehead atoms. The zero-order valence-electron chi connectivity index (χ0n) is 12.1. The van der Waals surface area contributed by atoms with Gasteiger partial charge in [0.15, 0.2) is 5.65 Å². The Morgan fingerprint density at radius 1 is 1.39 bits per heavy atom. The second-order valence-corrected chi connectivity index (χ2v) is 5.04. The van der Waals surface area contributed by atoms with Crippen LogP contribution in [0, 0.1) is 28.4 Å². The molecule has 1 aromatic carbocycles. The highest BCUT2D eigenvalue weighted by Gasteiger charge is 2.14. The first-order chi connectivity index (χ1) is 11.0. The summed E-state index contributed by atoms with van der Waals surface area (Å²) < 4.78 is 1.23. The molecule has 0 aliphatic heterocycles. The molecule has 0 saturated heterocycles. The number of hydrogen-bond acceptors (Lipinski definition) is 5. The van der Waals surface area contributed by atoms with Crippen molar-refractivity contribution in [3.8, 4) is 6.07 Å². The van der Waals surface area contributed by atoms with Gasteiger partial charge in [-0.05, 0) is 12.5 Å². The van der Waals surface area contributed by atoms with Gasteiger partial charge in [-0.25, -0.2) is 9.50 Å². The van der Waals surface area contributed by atoms with Gasteiger partial charge >= 0.3 is 0 Å². The number of aryl methyl sites for hydroxylation is 1. The van der Waals surface area contributed by atoms with Crippen LogP contribution < -0.4 is 5.56 Å². The molecule has 8 nitrogen and oxygen atoms in total. The summed E-state index contributed by atoms with van der Waals surface area (Å²) in [5.74, 6) is 0. The van der Waals surface area contributed by atoms with Gasteiger partial charge in [0.05, 0.1) is 4.92 Å². The minimum Gasteiger partial charge on any atom is -0.295 e. The van der Waals surface area contributed by atoms with E-state index in [1.165, 1.54) is 22.8 Å². The molecule has 3 aromatic rings. The maximum absolute atomic E-state index is 12.5. The number of nitrogens with one attached hydrogen (secondary N) is 1. The van der Waals surface area contributed by atoms with Gasteiger partial charge in [-0.15, -0.1) is 0 Å². The van der Waals surface area contributed by atoms with E-state index in [1.807, 2.05) is 6.07 Å². The summed E-state index contributed by atoms with van der Waals surface area (Å²) in [6, 6.07) is 8.00. The van der Waals surface area contributed by atoms with Crippen LogP contribution in [-0.4, -0.2) is 19.5 Å². The van der Waals surface area contributed by atoms with Gasteiger partial charge in [0, 0.05) is 36.0 Å². The monoisotopic (exact) mass is 309 g/mol. The standard InChI is InChI=1S/C15H11N5O3/c1-9-13(6-10-2-4-12(5-3-10)20(22)23)15(21)19-14(18-9)11(7-16)8-17-19/h2-5,8,17H,6H2,1H3. The summed E-state index contributed by atoms with van der Waals surface area (Å²) in [5.41, 5.74) is 2.08. The van der Waals surface area contributed by atoms with E-state index in [4.69, 9.17) is 5.26 Å². The predicted molar refractivity (Wildman–Crippen MR) is 81.2 cm³/mol. The van der Waals surface area contributed by atoms with Crippen LogP contribution in [0.2, 0.25) is 0 Å². The number of benzene rings is 1. The second kappa shape index (κ2) is 5.38. The van der Waals surface area contributed by atoms with E-state index in [1.54, 1.807) is 19.1 Å². The predicted octanol–water partition coefficient (Wildman–Crippen LogP) is 1.70. The molecule has 2 heterocycles. The Balaban J connectivity index is 2.05. The zero-order valence-corrected chi connectivity index (χ0v) is 12.1. The van der Waals surface area contributed by atoms with Crippen LogP contribution in [0.4, 0.5) is 5.69 Å². The van der Waals surface area contributed by atoms with Gasteiger partial charge in [-0.3, -0.25) is 20.0 Å². The molecular weight excluding hydrogens is 298 g/mol. The Labute approximate surface area is 129 Å². The lowest BCUT2D eigenvalue weighted by atomic mass is 10.0. The number of fused-ring (bicyclic) bond motifs is 1. The fraction of sp³-hybridized carbons (Fsp3) is 0.133. The van der Waals surface area contributed by atoms with E-state index in [0.29, 0.717) is 28.9 Å². The summed E-state index contributed by atoms with van der Waals surface area (Å²) in [6.07, 6.45) is 1.73. The van der Waals surface area contributed by atoms with Crippen molar-refractivity contribution in [2.75, 3.05) is 0 Å². The number of aromatic amines is 1. The highest BCUT2D eigenvalue weighted by Crippen LogP contribution is 2.16. The van der Waals surface area contributed by atoms with E-state index < -0.39 is 4.92 Å². The zero-order chi connectivity index (χ0) is 16.6. The molecule has 2 aromatic heterocycles. The largest absolute Gasteiger partial charge is 0.295 e. The van der Waals surface area contributed by atoms with Crippen LogP contribution in [0.1, 0.15) is 22.4 Å². The molecule has 0 aliphatic carbocycles. The van der Waals surface area contributed by atoms with Crippen LogP contribution >= 0.6 is 0 Å². The Hall–Kier alpha value is -3.47. The van der Waals surface area contributed by atoms with Crippen molar-refractivity contribution in [3.05, 3.63) is 73.3 Å². The average Bonchev–Trinajstić information content (AvgIpc) is 2.94. The van der Waals surface area contributed by atoms with E-state index in [-0.39, 0.29) is 11.2 Å². The van der Waals surface area contributed by atoms with Crippen LogP contribution in [-0.2, 0) is 6.42 Å². The van der Waals surface area contributed by atoms with E-state index in [2.05, 4.69) is 10.1 Å². The van der Waals surface area contributed by atoms with Gasteiger partial charge in [0.2, 0.25) is 0 Å². The summed E-state index contributed by atoms with van der Waals surface area (Å²) in [7, 11) is 0. The van der Waals surface area contributed by atoms with Gasteiger partial charge < -0.3 is 0 Å². The first-order valence-electron chi connectivity index (χ1n) is 6.74. The van der Waals surface area contributed by atoms with Crippen LogP contribution in [0.5, 0.6) is 0 Å². The van der Waals surface area contributed by atoms with Crippen molar-refractivity contribution in [2.24, 2.45) is 0 Å². The quantitative estimate of drug-likeness (QED) is 0.583. The lowest BCUT2D eigenvalue weighted by Gasteiger charge is -2.06. The molecule has 0 atom stereocenters. The van der Waals surface area contributed by atoms with Gasteiger partial charge in [-0.1, -0.05) is 12.1 Å². The van der Waals surface area contributed by atoms with Crippen molar-refractivity contribution in [3.63, 3.8) is 0 Å². The SMILES string of the molecule is Cc1nc2c(C#N)c[nH]n2c(=O)c1Cc1ccc([N+](=O)[O-])cc1. The van der Waals surface area contributed by atoms with Crippen molar-refractivity contribution >= 4 is 11.3 Å². The Morgan fingerprint density at radius 2 is 2.09 bits per heavy atom. The molecule has 0 spiro atoms. The molecule has 0 aliphatic rings. The fourth-order valence-electron chi connectivity index (χ4n) is 2.38. The third-order valence-corrected chi connectivity index (χ3v) is 3.61. The normalized spacial score (nSPS) is 10.6. The first-order valence-corrected chi connectivity index (χ1v) is 6.74. The molecule has 0 radical (unpaired) electrons. The molecule has 3 rings (SSSR count). The minimum absolute atomic E-state index is 0.00111. The number of nitro benzene ring substituents is 1. The molecule has 0 unspecified atom stereocenters. The Kier molecular flexibility index (Phi) is 3.38. The van der Waals surface area contributed by atoms with Crippen molar-refractivity contribution in [1.82, 2.24) is 14.6 Å². The maximum atomic E-state index is 12.5. The van der Waals surface area contributed by atoms with Crippen LogP contribution in [0.3, 0.4) is 0 Å². The molecule has 114 valence electrons. The number of H-pyrrole nitrogens is 1. The van der Waals surface area contributed by atoms with Gasteiger partial charge in [-0.2, -0.15) is 5.26 Å². The molecule has 23 heavy (non-hydrogen) atoms. The van der Waals surface area contributed by atoms with E-state index >= 15 is 0 Å². The Bertz CT molecular complexity index is 1010. The highest BCUT2D eigenvalue weighted by molar-refractivity contribution is 5.54. The minimum atomic E-state index is -0.472. The topological polar surface area (TPSA) is 117 Å².